The fourth-order valence-corrected chi connectivity index (χ4v) is 11.1. The summed E-state index contributed by atoms with van der Waals surface area (Å²) in [7, 11) is 0. The van der Waals surface area contributed by atoms with Crippen LogP contribution in [-0.4, -0.2) is 0 Å². The molecule has 0 amide bonds. The molecule has 510 valence electrons. The first-order chi connectivity index (χ1) is 40.4. The highest BCUT2D eigenvalue weighted by Crippen LogP contribution is 2.34. The third-order valence-electron chi connectivity index (χ3n) is 16.4. The minimum atomic E-state index is 0.250. The van der Waals surface area contributed by atoms with Crippen LogP contribution in [0.2, 0.25) is 0 Å². The fraction of sp³-hybridized carbons (Fsp3) is 0.604. The summed E-state index contributed by atoms with van der Waals surface area (Å²) < 4.78 is 0. The Morgan fingerprint density at radius 1 is 0.187 bits per heavy atom. The van der Waals surface area contributed by atoms with Crippen LogP contribution in [0.25, 0.3) is 0 Å². The van der Waals surface area contributed by atoms with Gasteiger partial charge < -0.3 is 0 Å². The highest BCUT2D eigenvalue weighted by Gasteiger charge is 2.23. The Morgan fingerprint density at radius 3 is 0.626 bits per heavy atom. The number of rotatable bonds is 4. The van der Waals surface area contributed by atoms with Crippen molar-refractivity contribution < 1.29 is 0 Å². The SMILES string of the molecule is CC(C)(C)Cc1ccc(C(C)(C)C)cc1.CC(C)(C)Cc1ccc(C(C)(C)C)cc1.CC(C)(C)c1ccc(C(C)(C)C)cc1.Cc1cc(C(C)(C)C)ccc1C(C)(C)C.Cc1cc(C(C)(C)C)ccc1CC(C)(C)C.Cc1cc(CC(C)(C)C)ccc1C(C)(C)C. The monoisotopic (exact) mass is 1240 g/mol. The number of benzene rings is 6. The van der Waals surface area contributed by atoms with Gasteiger partial charge in [-0.3, -0.25) is 0 Å². The molecule has 0 aliphatic carbocycles. The van der Waals surface area contributed by atoms with E-state index in [0.717, 1.165) is 25.7 Å². The molecule has 6 rings (SSSR count). The van der Waals surface area contributed by atoms with Gasteiger partial charge >= 0.3 is 0 Å². The molecule has 0 atom stereocenters. The van der Waals surface area contributed by atoms with Crippen LogP contribution in [0.4, 0.5) is 0 Å². The van der Waals surface area contributed by atoms with E-state index in [-0.39, 0.29) is 43.3 Å². The lowest BCUT2D eigenvalue weighted by Gasteiger charge is -2.25. The zero-order valence-corrected chi connectivity index (χ0v) is 67.5. The lowest BCUT2D eigenvalue weighted by Crippen LogP contribution is -2.16. The molecule has 0 radical (unpaired) electrons. The highest BCUT2D eigenvalue weighted by molar-refractivity contribution is 5.40. The third kappa shape index (κ3) is 33.8. The maximum Gasteiger partial charge on any atom is -0.0129 e. The van der Waals surface area contributed by atoms with E-state index < -0.39 is 0 Å². The first-order valence-corrected chi connectivity index (χ1v) is 35.0. The predicted molar refractivity (Wildman–Crippen MR) is 415 cm³/mol. The molecule has 0 bridgehead atoms. The van der Waals surface area contributed by atoms with E-state index in [9.17, 15) is 0 Å². The summed E-state index contributed by atoms with van der Waals surface area (Å²) in [6, 6.07) is 47.9. The van der Waals surface area contributed by atoms with Crippen molar-refractivity contribution in [3.63, 3.8) is 0 Å². The van der Waals surface area contributed by atoms with Crippen LogP contribution in [0.15, 0.2) is 127 Å². The first-order valence-electron chi connectivity index (χ1n) is 35.0. The molecule has 0 N–H and O–H groups in total. The van der Waals surface area contributed by atoms with Gasteiger partial charge in [-0.15, -0.1) is 0 Å². The van der Waals surface area contributed by atoms with Crippen molar-refractivity contribution in [2.75, 3.05) is 0 Å². The van der Waals surface area contributed by atoms with Gasteiger partial charge in [-0.05, 0) is 195 Å². The quantitative estimate of drug-likeness (QED) is 0.165. The van der Waals surface area contributed by atoms with Crippen molar-refractivity contribution in [1.29, 1.82) is 0 Å². The van der Waals surface area contributed by atoms with Crippen molar-refractivity contribution in [2.45, 2.75) is 339 Å². The summed E-state index contributed by atoms with van der Waals surface area (Å²) in [5.41, 5.74) is 25.1. The van der Waals surface area contributed by atoms with Gasteiger partial charge in [0.2, 0.25) is 0 Å². The average Bonchev–Trinajstić information content (AvgIpc) is 0.921. The molecule has 0 aliphatic rings. The van der Waals surface area contributed by atoms with Gasteiger partial charge in [0.25, 0.3) is 0 Å². The molecule has 6 aromatic rings. The zero-order chi connectivity index (χ0) is 71.3. The van der Waals surface area contributed by atoms with E-state index >= 15 is 0 Å². The molecular formula is C91H146. The van der Waals surface area contributed by atoms with Gasteiger partial charge in [-0.2, -0.15) is 0 Å². The Kier molecular flexibility index (Phi) is 29.8. The zero-order valence-electron chi connectivity index (χ0n) is 67.5. The van der Waals surface area contributed by atoms with Gasteiger partial charge in [0.05, 0.1) is 0 Å². The smallest absolute Gasteiger partial charge is 0.0129 e. The molecular weight excluding hydrogens is 1090 g/mol. The summed E-state index contributed by atoms with van der Waals surface area (Å²) in [4.78, 5) is 0. The number of hydrogen-bond donors (Lipinski definition) is 0. The van der Waals surface area contributed by atoms with E-state index in [1.54, 1.807) is 0 Å². The highest BCUT2D eigenvalue weighted by atomic mass is 14.3. The van der Waals surface area contributed by atoms with Crippen LogP contribution in [0.3, 0.4) is 0 Å². The van der Waals surface area contributed by atoms with Gasteiger partial charge in [-0.25, -0.2) is 0 Å². The molecule has 0 aromatic heterocycles. The van der Waals surface area contributed by atoms with Crippen molar-refractivity contribution in [3.8, 4) is 0 Å². The normalized spacial score (nSPS) is 13.0. The molecule has 6 aromatic carbocycles. The molecule has 0 aliphatic heterocycles. The Morgan fingerprint density at radius 2 is 0.396 bits per heavy atom. The van der Waals surface area contributed by atoms with Crippen molar-refractivity contribution in [2.24, 2.45) is 21.7 Å². The molecule has 0 nitrogen and oxygen atoms in total. The van der Waals surface area contributed by atoms with E-state index in [0.29, 0.717) is 21.7 Å². The van der Waals surface area contributed by atoms with E-state index in [2.05, 4.69) is 397 Å². The van der Waals surface area contributed by atoms with Crippen LogP contribution in [0.5, 0.6) is 0 Å². The summed E-state index contributed by atoms with van der Waals surface area (Å²) in [6.45, 7) is 88.4. The molecule has 0 spiro atoms. The summed E-state index contributed by atoms with van der Waals surface area (Å²) in [6.07, 6.45) is 4.61. The van der Waals surface area contributed by atoms with E-state index in [1.807, 2.05) is 0 Å². The first kappa shape index (κ1) is 84.3. The maximum absolute atomic E-state index is 2.35. The van der Waals surface area contributed by atoms with Gasteiger partial charge in [0.1, 0.15) is 0 Å². The van der Waals surface area contributed by atoms with E-state index in [4.69, 9.17) is 0 Å². The average molecular weight is 1240 g/mol. The second-order valence-corrected chi connectivity index (χ2v) is 40.2. The molecule has 91 heavy (non-hydrogen) atoms. The molecule has 0 saturated heterocycles. The molecule has 0 fully saturated rings. The van der Waals surface area contributed by atoms with Crippen LogP contribution < -0.4 is 0 Å². The van der Waals surface area contributed by atoms with Crippen molar-refractivity contribution in [3.05, 3.63) is 211 Å². The standard InChI is InChI=1S/2C16H26.3C15H24.C14H22/c1-12-10-14(16(5,6)7)9-8-13(12)11-15(2,3)4;1-12-10-13(11-15(2,3)4)8-9-14(12)16(5,6)7;1-11-10-12(14(2,3)4)8-9-13(11)15(5,6)7;2*1-14(2,3)11-12-7-9-13(10-8-12)15(4,5)6;1-13(2,3)11-7-9-12(10-8-11)14(4,5)6/h2*8-10H,11H2,1-7H3;8-10H,1-7H3;2*7-10H,11H2,1-6H3;7-10H,1-6H3. The summed E-state index contributed by atoms with van der Waals surface area (Å²) >= 11 is 0. The number of hydrogen-bond acceptors (Lipinski definition) is 0. The van der Waals surface area contributed by atoms with Crippen LogP contribution in [0.1, 0.15) is 333 Å². The van der Waals surface area contributed by atoms with Crippen LogP contribution in [-0.2, 0) is 69.0 Å². The van der Waals surface area contributed by atoms with Crippen LogP contribution >= 0.6 is 0 Å². The maximum atomic E-state index is 2.35. The second-order valence-electron chi connectivity index (χ2n) is 40.2. The van der Waals surface area contributed by atoms with Gasteiger partial charge in [0, 0.05) is 0 Å². The van der Waals surface area contributed by atoms with E-state index in [1.165, 1.54) is 83.5 Å². The summed E-state index contributed by atoms with van der Waals surface area (Å²) in [5.74, 6) is 0. The van der Waals surface area contributed by atoms with Gasteiger partial charge in [0.15, 0.2) is 0 Å². The molecule has 0 heterocycles. The Balaban J connectivity index is 0.000000546. The topological polar surface area (TPSA) is 0 Å². The Hall–Kier alpha value is -4.68. The Labute approximate surface area is 568 Å². The second kappa shape index (κ2) is 32.2. The predicted octanol–water partition coefficient (Wildman–Crippen LogP) is 27.8. The van der Waals surface area contributed by atoms with Crippen LogP contribution in [0, 0.1) is 42.4 Å². The molecule has 0 saturated carbocycles. The molecule has 0 heteroatoms. The lowest BCUT2D eigenvalue weighted by molar-refractivity contribution is 0.410. The van der Waals surface area contributed by atoms with Crippen molar-refractivity contribution >= 4 is 0 Å². The minimum Gasteiger partial charge on any atom is -0.0599 e. The fourth-order valence-electron chi connectivity index (χ4n) is 11.1. The van der Waals surface area contributed by atoms with Gasteiger partial charge in [-0.1, -0.05) is 377 Å². The Bertz CT molecular complexity index is 2970. The number of aryl methyl sites for hydroxylation is 3. The minimum absolute atomic E-state index is 0.250. The molecule has 0 unspecified atom stereocenters. The lowest BCUT2D eigenvalue weighted by atomic mass is 9.80. The third-order valence-corrected chi connectivity index (χ3v) is 16.4. The van der Waals surface area contributed by atoms with Crippen molar-refractivity contribution in [1.82, 2.24) is 0 Å². The summed E-state index contributed by atoms with van der Waals surface area (Å²) in [5, 5.41) is 0. The largest absolute Gasteiger partial charge is 0.0599 e.